The van der Waals surface area contributed by atoms with E-state index in [9.17, 15) is 4.79 Å². The number of benzene rings is 2. The largest absolute Gasteiger partial charge is 0.289 e. The summed E-state index contributed by atoms with van der Waals surface area (Å²) in [6.07, 6.45) is 0. The first kappa shape index (κ1) is 14.8. The van der Waals surface area contributed by atoms with E-state index in [0.717, 1.165) is 20.1 Å². The molecule has 0 spiro atoms. The molecule has 0 N–H and O–H groups in total. The van der Waals surface area contributed by atoms with Crippen molar-refractivity contribution in [2.45, 2.75) is 13.8 Å². The molecule has 0 saturated heterocycles. The fraction of sp³-hybridized carbons (Fsp3) is 0.133. The lowest BCUT2D eigenvalue weighted by atomic mass is 9.97. The van der Waals surface area contributed by atoms with Gasteiger partial charge in [-0.1, -0.05) is 27.5 Å². The van der Waals surface area contributed by atoms with Crippen molar-refractivity contribution >= 4 is 49.2 Å². The molecular weight excluding hydrogens is 391 g/mol. The van der Waals surface area contributed by atoms with Gasteiger partial charge < -0.3 is 0 Å². The Kier molecular flexibility index (Phi) is 4.49. The van der Waals surface area contributed by atoms with Crippen LogP contribution in [-0.2, 0) is 0 Å². The van der Waals surface area contributed by atoms with Gasteiger partial charge in [-0.05, 0) is 71.2 Å². The van der Waals surface area contributed by atoms with Crippen LogP contribution in [-0.4, -0.2) is 5.78 Å². The Morgan fingerprint density at radius 2 is 1.68 bits per heavy atom. The van der Waals surface area contributed by atoms with Gasteiger partial charge in [0.15, 0.2) is 5.78 Å². The Balaban J connectivity index is 2.49. The number of hydrogen-bond acceptors (Lipinski definition) is 1. The van der Waals surface area contributed by atoms with Crippen LogP contribution in [0, 0.1) is 13.8 Å². The lowest BCUT2D eigenvalue weighted by Gasteiger charge is -2.09. The zero-order valence-electron chi connectivity index (χ0n) is 10.4. The summed E-state index contributed by atoms with van der Waals surface area (Å²) in [4.78, 5) is 12.5. The SMILES string of the molecule is Cc1cc(C(=O)c2ccc(Br)c(Cl)c2)c(C)cc1Br. The van der Waals surface area contributed by atoms with Crippen molar-refractivity contribution in [1.29, 1.82) is 0 Å². The summed E-state index contributed by atoms with van der Waals surface area (Å²) in [5, 5.41) is 0.539. The maximum atomic E-state index is 12.5. The van der Waals surface area contributed by atoms with Crippen molar-refractivity contribution in [1.82, 2.24) is 0 Å². The van der Waals surface area contributed by atoms with Crippen LogP contribution in [0.15, 0.2) is 39.3 Å². The lowest BCUT2D eigenvalue weighted by Crippen LogP contribution is -2.04. The topological polar surface area (TPSA) is 17.1 Å². The summed E-state index contributed by atoms with van der Waals surface area (Å²) in [7, 11) is 0. The molecule has 0 fully saturated rings. The van der Waals surface area contributed by atoms with Crippen molar-refractivity contribution in [2.75, 3.05) is 0 Å². The van der Waals surface area contributed by atoms with Crippen molar-refractivity contribution < 1.29 is 4.79 Å². The minimum Gasteiger partial charge on any atom is -0.289 e. The van der Waals surface area contributed by atoms with Crippen LogP contribution in [0.5, 0.6) is 0 Å². The predicted octanol–water partition coefficient (Wildman–Crippen LogP) is 5.71. The van der Waals surface area contributed by atoms with E-state index in [1.165, 1.54) is 0 Å². The molecule has 98 valence electrons. The Labute approximate surface area is 134 Å². The maximum absolute atomic E-state index is 12.5. The fourth-order valence-electron chi connectivity index (χ4n) is 1.82. The first-order valence-corrected chi connectivity index (χ1v) is 7.63. The van der Waals surface area contributed by atoms with Crippen LogP contribution < -0.4 is 0 Å². The zero-order chi connectivity index (χ0) is 14.2. The second-order valence-electron chi connectivity index (χ2n) is 4.37. The monoisotopic (exact) mass is 400 g/mol. The van der Waals surface area contributed by atoms with Gasteiger partial charge in [0.2, 0.25) is 0 Å². The highest BCUT2D eigenvalue weighted by Crippen LogP contribution is 2.27. The molecule has 2 rings (SSSR count). The minimum absolute atomic E-state index is 0.0116. The van der Waals surface area contributed by atoms with E-state index < -0.39 is 0 Å². The van der Waals surface area contributed by atoms with Gasteiger partial charge in [0.05, 0.1) is 5.02 Å². The molecule has 0 atom stereocenters. The van der Waals surface area contributed by atoms with E-state index >= 15 is 0 Å². The molecule has 0 aliphatic rings. The number of hydrogen-bond donors (Lipinski definition) is 0. The van der Waals surface area contributed by atoms with Gasteiger partial charge in [-0.3, -0.25) is 4.79 Å². The third-order valence-electron chi connectivity index (χ3n) is 2.93. The number of carbonyl (C=O) groups is 1. The summed E-state index contributed by atoms with van der Waals surface area (Å²) in [5.41, 5.74) is 3.29. The Morgan fingerprint density at radius 1 is 1.00 bits per heavy atom. The second kappa shape index (κ2) is 5.78. The maximum Gasteiger partial charge on any atom is 0.193 e. The smallest absolute Gasteiger partial charge is 0.193 e. The molecule has 4 heteroatoms. The van der Waals surface area contributed by atoms with E-state index in [0.29, 0.717) is 16.1 Å². The molecule has 0 aliphatic heterocycles. The normalized spacial score (nSPS) is 10.6. The van der Waals surface area contributed by atoms with Gasteiger partial charge in [0.1, 0.15) is 0 Å². The van der Waals surface area contributed by atoms with Gasteiger partial charge in [-0.15, -0.1) is 0 Å². The summed E-state index contributed by atoms with van der Waals surface area (Å²) < 4.78 is 1.80. The summed E-state index contributed by atoms with van der Waals surface area (Å²) in [6.45, 7) is 3.90. The molecule has 0 heterocycles. The van der Waals surface area contributed by atoms with Crippen molar-refractivity contribution in [3.63, 3.8) is 0 Å². The van der Waals surface area contributed by atoms with Gasteiger partial charge in [-0.25, -0.2) is 0 Å². The van der Waals surface area contributed by atoms with Crippen molar-refractivity contribution in [2.24, 2.45) is 0 Å². The summed E-state index contributed by atoms with van der Waals surface area (Å²) in [5.74, 6) is -0.0116. The molecular formula is C15H11Br2ClO. The molecule has 0 radical (unpaired) electrons. The summed E-state index contributed by atoms with van der Waals surface area (Å²) >= 11 is 12.8. The van der Waals surface area contributed by atoms with Crippen LogP contribution in [0.25, 0.3) is 0 Å². The second-order valence-corrected chi connectivity index (χ2v) is 6.49. The number of halogens is 3. The molecule has 0 amide bonds. The highest BCUT2D eigenvalue weighted by atomic mass is 79.9. The number of carbonyl (C=O) groups excluding carboxylic acids is 1. The van der Waals surface area contributed by atoms with Crippen LogP contribution in [0.4, 0.5) is 0 Å². The molecule has 0 aromatic heterocycles. The van der Waals surface area contributed by atoms with E-state index in [2.05, 4.69) is 31.9 Å². The molecule has 0 unspecified atom stereocenters. The standard InChI is InChI=1S/C15H11Br2ClO/c1-8-6-13(17)9(2)5-11(8)15(19)10-3-4-12(16)14(18)7-10/h3-7H,1-2H3. The zero-order valence-corrected chi connectivity index (χ0v) is 14.4. The van der Waals surface area contributed by atoms with Crippen LogP contribution in [0.2, 0.25) is 5.02 Å². The molecule has 2 aromatic carbocycles. The van der Waals surface area contributed by atoms with E-state index in [1.807, 2.05) is 26.0 Å². The first-order chi connectivity index (χ1) is 8.90. The van der Waals surface area contributed by atoms with Crippen molar-refractivity contribution in [3.05, 3.63) is 66.6 Å². The highest BCUT2D eigenvalue weighted by molar-refractivity contribution is 9.10. The van der Waals surface area contributed by atoms with Crippen LogP contribution in [0.3, 0.4) is 0 Å². The number of rotatable bonds is 2. The van der Waals surface area contributed by atoms with E-state index in [-0.39, 0.29) is 5.78 Å². The Morgan fingerprint density at radius 3 is 2.32 bits per heavy atom. The molecule has 0 saturated carbocycles. The molecule has 0 bridgehead atoms. The quantitative estimate of drug-likeness (QED) is 0.588. The minimum atomic E-state index is -0.0116. The van der Waals surface area contributed by atoms with Crippen LogP contribution >= 0.6 is 43.5 Å². The van der Waals surface area contributed by atoms with Gasteiger partial charge in [0.25, 0.3) is 0 Å². The number of ketones is 1. The van der Waals surface area contributed by atoms with Crippen molar-refractivity contribution in [3.8, 4) is 0 Å². The molecule has 0 aliphatic carbocycles. The third-order valence-corrected chi connectivity index (χ3v) is 5.02. The third kappa shape index (κ3) is 3.10. The highest BCUT2D eigenvalue weighted by Gasteiger charge is 2.14. The van der Waals surface area contributed by atoms with Gasteiger partial charge in [0, 0.05) is 20.1 Å². The molecule has 1 nitrogen and oxygen atoms in total. The first-order valence-electron chi connectivity index (χ1n) is 5.66. The number of aryl methyl sites for hydroxylation is 2. The predicted molar refractivity (Wildman–Crippen MR) is 86.2 cm³/mol. The Hall–Kier alpha value is -0.640. The molecule has 2 aromatic rings. The summed E-state index contributed by atoms with van der Waals surface area (Å²) in [6, 6.07) is 9.11. The van der Waals surface area contributed by atoms with Gasteiger partial charge in [-0.2, -0.15) is 0 Å². The lowest BCUT2D eigenvalue weighted by molar-refractivity contribution is 0.103. The Bertz CT molecular complexity index is 665. The molecule has 19 heavy (non-hydrogen) atoms. The average molecular weight is 403 g/mol. The fourth-order valence-corrected chi connectivity index (χ4v) is 2.70. The van der Waals surface area contributed by atoms with Crippen LogP contribution in [0.1, 0.15) is 27.0 Å². The van der Waals surface area contributed by atoms with Gasteiger partial charge >= 0.3 is 0 Å². The van der Waals surface area contributed by atoms with E-state index in [1.54, 1.807) is 18.2 Å². The average Bonchev–Trinajstić information content (AvgIpc) is 2.36. The van der Waals surface area contributed by atoms with E-state index in [4.69, 9.17) is 11.6 Å².